The first-order chi connectivity index (χ1) is 11.4. The van der Waals surface area contributed by atoms with Crippen molar-refractivity contribution in [2.45, 2.75) is 27.2 Å². The van der Waals surface area contributed by atoms with Crippen molar-refractivity contribution in [3.63, 3.8) is 0 Å². The highest BCUT2D eigenvalue weighted by atomic mass is 16.5. The van der Waals surface area contributed by atoms with Gasteiger partial charge in [0.15, 0.2) is 0 Å². The lowest BCUT2D eigenvalue weighted by molar-refractivity contribution is -0.116. The molecule has 5 heteroatoms. The fourth-order valence-electron chi connectivity index (χ4n) is 2.40. The van der Waals surface area contributed by atoms with Crippen LogP contribution in [0.3, 0.4) is 0 Å². The van der Waals surface area contributed by atoms with E-state index in [2.05, 4.69) is 10.6 Å². The van der Waals surface area contributed by atoms with Crippen LogP contribution in [0.25, 0.3) is 0 Å². The molecular formula is C19H22N2O3. The van der Waals surface area contributed by atoms with Crippen LogP contribution < -0.4 is 15.4 Å². The first-order valence-electron chi connectivity index (χ1n) is 7.70. The van der Waals surface area contributed by atoms with Crippen molar-refractivity contribution in [3.05, 3.63) is 53.1 Å². The zero-order chi connectivity index (χ0) is 17.7. The molecule has 2 N–H and O–H groups in total. The smallest absolute Gasteiger partial charge is 0.228 e. The van der Waals surface area contributed by atoms with E-state index in [0.717, 1.165) is 16.7 Å². The molecule has 0 saturated carbocycles. The van der Waals surface area contributed by atoms with Crippen LogP contribution in [0, 0.1) is 13.8 Å². The molecule has 0 heterocycles. The van der Waals surface area contributed by atoms with Gasteiger partial charge in [-0.1, -0.05) is 6.07 Å². The molecule has 0 spiro atoms. The standard InChI is InChI=1S/C19H22N2O3/c1-12-9-15(18(24-4)10-13(12)2)11-19(23)21-17-7-5-16(6-8-17)20-14(3)22/h5-10H,11H2,1-4H3,(H,20,22)(H,21,23). The summed E-state index contributed by atoms with van der Waals surface area (Å²) in [6, 6.07) is 10.9. The zero-order valence-electron chi connectivity index (χ0n) is 14.4. The molecule has 2 amide bonds. The molecule has 2 aromatic carbocycles. The molecule has 0 unspecified atom stereocenters. The Hall–Kier alpha value is -2.82. The number of carbonyl (C=O) groups is 2. The predicted octanol–water partition coefficient (Wildman–Crippen LogP) is 3.45. The largest absolute Gasteiger partial charge is 0.496 e. The lowest BCUT2D eigenvalue weighted by atomic mass is 10.0. The maximum absolute atomic E-state index is 12.3. The van der Waals surface area contributed by atoms with E-state index in [0.29, 0.717) is 17.1 Å². The van der Waals surface area contributed by atoms with Gasteiger partial charge >= 0.3 is 0 Å². The van der Waals surface area contributed by atoms with Crippen LogP contribution in [-0.2, 0) is 16.0 Å². The number of aryl methyl sites for hydroxylation is 2. The second-order valence-electron chi connectivity index (χ2n) is 5.73. The molecule has 0 atom stereocenters. The monoisotopic (exact) mass is 326 g/mol. The molecule has 0 aliphatic rings. The zero-order valence-corrected chi connectivity index (χ0v) is 14.4. The first-order valence-corrected chi connectivity index (χ1v) is 7.70. The number of anilines is 2. The topological polar surface area (TPSA) is 67.4 Å². The Balaban J connectivity index is 2.05. The number of ether oxygens (including phenoxy) is 1. The van der Waals surface area contributed by atoms with Crippen LogP contribution in [-0.4, -0.2) is 18.9 Å². The summed E-state index contributed by atoms with van der Waals surface area (Å²) in [5.41, 5.74) is 4.48. The SMILES string of the molecule is COc1cc(C)c(C)cc1CC(=O)Nc1ccc(NC(C)=O)cc1. The number of hydrogen-bond donors (Lipinski definition) is 2. The average molecular weight is 326 g/mol. The summed E-state index contributed by atoms with van der Waals surface area (Å²) in [5.74, 6) is 0.465. The summed E-state index contributed by atoms with van der Waals surface area (Å²) in [6.45, 7) is 5.47. The highest BCUT2D eigenvalue weighted by Crippen LogP contribution is 2.24. The molecule has 0 aliphatic heterocycles. The molecule has 24 heavy (non-hydrogen) atoms. The maximum Gasteiger partial charge on any atom is 0.228 e. The number of benzene rings is 2. The molecule has 0 saturated heterocycles. The maximum atomic E-state index is 12.3. The van der Waals surface area contributed by atoms with Gasteiger partial charge in [0, 0.05) is 23.9 Å². The van der Waals surface area contributed by atoms with Gasteiger partial charge in [-0.15, -0.1) is 0 Å². The van der Waals surface area contributed by atoms with E-state index in [1.807, 2.05) is 26.0 Å². The van der Waals surface area contributed by atoms with Gasteiger partial charge in [-0.2, -0.15) is 0 Å². The van der Waals surface area contributed by atoms with E-state index in [1.54, 1.807) is 31.4 Å². The Bertz CT molecular complexity index is 752. The molecule has 5 nitrogen and oxygen atoms in total. The van der Waals surface area contributed by atoms with Gasteiger partial charge in [0.2, 0.25) is 11.8 Å². The number of methoxy groups -OCH3 is 1. The third-order valence-corrected chi connectivity index (χ3v) is 3.74. The normalized spacial score (nSPS) is 10.2. The minimum absolute atomic E-state index is 0.121. The molecular weight excluding hydrogens is 304 g/mol. The molecule has 2 aromatic rings. The van der Waals surface area contributed by atoms with E-state index >= 15 is 0 Å². The van der Waals surface area contributed by atoms with Crippen molar-refractivity contribution in [1.29, 1.82) is 0 Å². The molecule has 0 bridgehead atoms. The van der Waals surface area contributed by atoms with Crippen LogP contribution in [0.5, 0.6) is 5.75 Å². The van der Waals surface area contributed by atoms with Crippen molar-refractivity contribution in [2.75, 3.05) is 17.7 Å². The molecule has 0 aliphatic carbocycles. The van der Waals surface area contributed by atoms with Gasteiger partial charge in [-0.25, -0.2) is 0 Å². The van der Waals surface area contributed by atoms with Gasteiger partial charge in [0.05, 0.1) is 13.5 Å². The quantitative estimate of drug-likeness (QED) is 0.884. The fraction of sp³-hybridized carbons (Fsp3) is 0.263. The van der Waals surface area contributed by atoms with Gasteiger partial charge in [-0.05, 0) is 55.3 Å². The minimum Gasteiger partial charge on any atom is -0.496 e. The fourth-order valence-corrected chi connectivity index (χ4v) is 2.40. The molecule has 0 fully saturated rings. The summed E-state index contributed by atoms with van der Waals surface area (Å²) in [4.78, 5) is 23.3. The number of nitrogens with one attached hydrogen (secondary N) is 2. The van der Waals surface area contributed by atoms with Crippen molar-refractivity contribution in [2.24, 2.45) is 0 Å². The summed E-state index contributed by atoms with van der Waals surface area (Å²) in [7, 11) is 1.60. The molecule has 2 rings (SSSR count). The van der Waals surface area contributed by atoms with E-state index in [-0.39, 0.29) is 18.2 Å². The summed E-state index contributed by atoms with van der Waals surface area (Å²) in [6.07, 6.45) is 0.234. The minimum atomic E-state index is -0.131. The summed E-state index contributed by atoms with van der Waals surface area (Å²) in [5, 5.41) is 5.53. The average Bonchev–Trinajstić information content (AvgIpc) is 2.52. The van der Waals surface area contributed by atoms with Gasteiger partial charge < -0.3 is 15.4 Å². The van der Waals surface area contributed by atoms with Crippen molar-refractivity contribution >= 4 is 23.2 Å². The number of rotatable bonds is 5. The Labute approximate surface area is 142 Å². The van der Waals surface area contributed by atoms with Crippen LogP contribution in [0.1, 0.15) is 23.6 Å². The third-order valence-electron chi connectivity index (χ3n) is 3.74. The van der Waals surface area contributed by atoms with Gasteiger partial charge in [0.25, 0.3) is 0 Å². The Morgan fingerprint density at radius 2 is 1.50 bits per heavy atom. The Kier molecular flexibility index (Phi) is 5.58. The van der Waals surface area contributed by atoms with Crippen molar-refractivity contribution in [1.82, 2.24) is 0 Å². The van der Waals surface area contributed by atoms with Crippen LogP contribution in [0.2, 0.25) is 0 Å². The Morgan fingerprint density at radius 1 is 0.958 bits per heavy atom. The number of carbonyl (C=O) groups excluding carboxylic acids is 2. The highest BCUT2D eigenvalue weighted by Gasteiger charge is 2.11. The molecule has 126 valence electrons. The van der Waals surface area contributed by atoms with E-state index in [9.17, 15) is 9.59 Å². The molecule has 0 radical (unpaired) electrons. The predicted molar refractivity (Wildman–Crippen MR) is 95.5 cm³/mol. The van der Waals surface area contributed by atoms with Crippen molar-refractivity contribution in [3.8, 4) is 5.75 Å². The van der Waals surface area contributed by atoms with Crippen LogP contribution in [0.15, 0.2) is 36.4 Å². The first kappa shape index (κ1) is 17.5. The highest BCUT2D eigenvalue weighted by molar-refractivity contribution is 5.93. The van der Waals surface area contributed by atoms with E-state index in [4.69, 9.17) is 4.74 Å². The molecule has 0 aromatic heterocycles. The van der Waals surface area contributed by atoms with Crippen molar-refractivity contribution < 1.29 is 14.3 Å². The lowest BCUT2D eigenvalue weighted by Gasteiger charge is -2.12. The van der Waals surface area contributed by atoms with Crippen LogP contribution >= 0.6 is 0 Å². The van der Waals surface area contributed by atoms with E-state index in [1.165, 1.54) is 6.92 Å². The van der Waals surface area contributed by atoms with Crippen LogP contribution in [0.4, 0.5) is 11.4 Å². The third kappa shape index (κ3) is 4.59. The second kappa shape index (κ2) is 7.64. The van der Waals surface area contributed by atoms with Gasteiger partial charge in [0.1, 0.15) is 5.75 Å². The second-order valence-corrected chi connectivity index (χ2v) is 5.73. The number of hydrogen-bond acceptors (Lipinski definition) is 3. The van der Waals surface area contributed by atoms with Gasteiger partial charge in [-0.3, -0.25) is 9.59 Å². The Morgan fingerprint density at radius 3 is 2.04 bits per heavy atom. The summed E-state index contributed by atoms with van der Waals surface area (Å²) >= 11 is 0. The summed E-state index contributed by atoms with van der Waals surface area (Å²) < 4.78 is 5.36. The number of amides is 2. The lowest BCUT2D eigenvalue weighted by Crippen LogP contribution is -2.15. The van der Waals surface area contributed by atoms with E-state index < -0.39 is 0 Å².